The normalized spacial score (nSPS) is 10.7. The molecule has 100 valence electrons. The van der Waals surface area contributed by atoms with E-state index in [1.165, 1.54) is 6.92 Å². The van der Waals surface area contributed by atoms with Crippen LogP contribution in [0.5, 0.6) is 11.5 Å². The van der Waals surface area contributed by atoms with Crippen molar-refractivity contribution in [1.29, 1.82) is 0 Å². The van der Waals surface area contributed by atoms with E-state index < -0.39 is 5.97 Å². The highest BCUT2D eigenvalue weighted by atomic mass is 16.5. The Morgan fingerprint density at radius 2 is 2.11 bits per heavy atom. The molecule has 0 aliphatic carbocycles. The van der Waals surface area contributed by atoms with Crippen LogP contribution < -0.4 is 15.2 Å². The summed E-state index contributed by atoms with van der Waals surface area (Å²) in [5.41, 5.74) is 5.73. The largest absolute Gasteiger partial charge is 0.491 e. The van der Waals surface area contributed by atoms with Gasteiger partial charge in [-0.1, -0.05) is 0 Å². The van der Waals surface area contributed by atoms with Gasteiger partial charge in [-0.2, -0.15) is 0 Å². The van der Waals surface area contributed by atoms with Crippen molar-refractivity contribution in [2.75, 3.05) is 5.73 Å². The van der Waals surface area contributed by atoms with Crippen molar-refractivity contribution in [1.82, 2.24) is 4.98 Å². The number of carbonyl (C=O) groups excluding carboxylic acids is 1. The molecular weight excluding hydrogens is 244 g/mol. The van der Waals surface area contributed by atoms with Crippen LogP contribution in [-0.2, 0) is 4.79 Å². The summed E-state index contributed by atoms with van der Waals surface area (Å²) in [6.45, 7) is 5.24. The molecule has 0 aliphatic heterocycles. The number of rotatable bonds is 3. The Balaban J connectivity index is 2.51. The van der Waals surface area contributed by atoms with Gasteiger partial charge in [0.1, 0.15) is 5.75 Å². The van der Waals surface area contributed by atoms with Crippen LogP contribution in [0.4, 0.5) is 5.82 Å². The zero-order valence-electron chi connectivity index (χ0n) is 11.1. The predicted octanol–water partition coefficient (Wildman–Crippen LogP) is 2.53. The molecule has 1 aromatic heterocycles. The summed E-state index contributed by atoms with van der Waals surface area (Å²) in [5.74, 6) is 0.799. The van der Waals surface area contributed by atoms with E-state index in [1.54, 1.807) is 6.20 Å². The molecule has 0 unspecified atom stereocenters. The van der Waals surface area contributed by atoms with Crippen LogP contribution in [0.1, 0.15) is 20.8 Å². The first-order chi connectivity index (χ1) is 8.97. The number of nitrogen functional groups attached to an aromatic ring is 1. The van der Waals surface area contributed by atoms with E-state index in [0.29, 0.717) is 5.75 Å². The number of nitrogens with zero attached hydrogens (tertiary/aromatic N) is 1. The second-order valence-corrected chi connectivity index (χ2v) is 4.48. The van der Waals surface area contributed by atoms with Crippen LogP contribution in [0.25, 0.3) is 10.8 Å². The highest BCUT2D eigenvalue weighted by Crippen LogP contribution is 2.32. The Morgan fingerprint density at radius 1 is 1.37 bits per heavy atom. The van der Waals surface area contributed by atoms with Crippen molar-refractivity contribution in [2.45, 2.75) is 26.9 Å². The third-order valence-corrected chi connectivity index (χ3v) is 2.46. The molecule has 5 nitrogen and oxygen atoms in total. The molecule has 0 fully saturated rings. The molecule has 19 heavy (non-hydrogen) atoms. The van der Waals surface area contributed by atoms with Gasteiger partial charge >= 0.3 is 5.97 Å². The van der Waals surface area contributed by atoms with Crippen molar-refractivity contribution in [3.8, 4) is 11.5 Å². The van der Waals surface area contributed by atoms with E-state index in [1.807, 2.05) is 32.0 Å². The van der Waals surface area contributed by atoms with E-state index in [-0.39, 0.29) is 11.9 Å². The number of benzene rings is 1. The number of ether oxygens (including phenoxy) is 2. The first-order valence-electron chi connectivity index (χ1n) is 6.00. The van der Waals surface area contributed by atoms with E-state index in [9.17, 15) is 4.79 Å². The number of nitrogens with two attached hydrogens (primary N) is 1. The topological polar surface area (TPSA) is 74.4 Å². The summed E-state index contributed by atoms with van der Waals surface area (Å²) in [7, 11) is 0. The maximum absolute atomic E-state index is 11.1. The van der Waals surface area contributed by atoms with Gasteiger partial charge in [-0.15, -0.1) is 0 Å². The van der Waals surface area contributed by atoms with Crippen LogP contribution in [0.2, 0.25) is 0 Å². The molecular formula is C14H16N2O3. The van der Waals surface area contributed by atoms with Crippen molar-refractivity contribution in [3.05, 3.63) is 24.4 Å². The maximum Gasteiger partial charge on any atom is 0.308 e. The molecule has 1 heterocycles. The fourth-order valence-electron chi connectivity index (χ4n) is 1.79. The summed E-state index contributed by atoms with van der Waals surface area (Å²) in [5, 5.41) is 1.54. The lowest BCUT2D eigenvalue weighted by atomic mass is 10.1. The molecule has 1 aromatic carbocycles. The van der Waals surface area contributed by atoms with Crippen LogP contribution >= 0.6 is 0 Å². The van der Waals surface area contributed by atoms with Gasteiger partial charge in [0.15, 0.2) is 11.6 Å². The van der Waals surface area contributed by atoms with Crippen molar-refractivity contribution >= 4 is 22.6 Å². The predicted molar refractivity (Wildman–Crippen MR) is 73.2 cm³/mol. The van der Waals surface area contributed by atoms with E-state index in [2.05, 4.69) is 4.98 Å². The second kappa shape index (κ2) is 5.14. The lowest BCUT2D eigenvalue weighted by Gasteiger charge is -2.12. The molecule has 0 saturated heterocycles. The summed E-state index contributed by atoms with van der Waals surface area (Å²) < 4.78 is 10.7. The smallest absolute Gasteiger partial charge is 0.308 e. The van der Waals surface area contributed by atoms with Gasteiger partial charge in [-0.05, 0) is 32.0 Å². The van der Waals surface area contributed by atoms with Crippen molar-refractivity contribution in [2.24, 2.45) is 0 Å². The van der Waals surface area contributed by atoms with Gasteiger partial charge in [0.05, 0.1) is 6.10 Å². The van der Waals surface area contributed by atoms with E-state index in [4.69, 9.17) is 15.2 Å². The van der Waals surface area contributed by atoms with Crippen LogP contribution in [0.15, 0.2) is 24.4 Å². The SMILES string of the molecule is CC(=O)Oc1c(N)ncc2cc(OC(C)C)ccc12. The monoisotopic (exact) mass is 260 g/mol. The number of fused-ring (bicyclic) bond motifs is 1. The lowest BCUT2D eigenvalue weighted by Crippen LogP contribution is -2.07. The molecule has 0 spiro atoms. The Labute approximate surface area is 111 Å². The number of anilines is 1. The van der Waals surface area contributed by atoms with Crippen molar-refractivity contribution in [3.63, 3.8) is 0 Å². The molecule has 2 N–H and O–H groups in total. The quantitative estimate of drug-likeness (QED) is 0.858. The second-order valence-electron chi connectivity index (χ2n) is 4.48. The molecule has 0 bridgehead atoms. The van der Waals surface area contributed by atoms with Crippen LogP contribution in [0, 0.1) is 0 Å². The molecule has 2 rings (SSSR count). The van der Waals surface area contributed by atoms with Gasteiger partial charge in [0, 0.05) is 23.9 Å². The average Bonchev–Trinajstić information content (AvgIpc) is 2.31. The molecule has 5 heteroatoms. The number of hydrogen-bond acceptors (Lipinski definition) is 5. The van der Waals surface area contributed by atoms with Crippen LogP contribution in [0.3, 0.4) is 0 Å². The van der Waals surface area contributed by atoms with Crippen molar-refractivity contribution < 1.29 is 14.3 Å². The number of aromatic nitrogens is 1. The summed E-state index contributed by atoms with van der Waals surface area (Å²) in [6, 6.07) is 5.47. The summed E-state index contributed by atoms with van der Waals surface area (Å²) in [4.78, 5) is 15.1. The molecule has 0 saturated carbocycles. The zero-order valence-corrected chi connectivity index (χ0v) is 11.1. The molecule has 0 atom stereocenters. The Kier molecular flexibility index (Phi) is 3.55. The highest BCUT2D eigenvalue weighted by molar-refractivity contribution is 5.93. The summed E-state index contributed by atoms with van der Waals surface area (Å²) in [6.07, 6.45) is 1.72. The van der Waals surface area contributed by atoms with E-state index in [0.717, 1.165) is 16.5 Å². The molecule has 0 amide bonds. The summed E-state index contributed by atoms with van der Waals surface area (Å²) >= 11 is 0. The van der Waals surface area contributed by atoms with Gasteiger partial charge in [0.2, 0.25) is 0 Å². The van der Waals surface area contributed by atoms with Gasteiger partial charge in [-0.25, -0.2) is 4.98 Å². The maximum atomic E-state index is 11.1. The number of hydrogen-bond donors (Lipinski definition) is 1. The van der Waals surface area contributed by atoms with Gasteiger partial charge in [0.25, 0.3) is 0 Å². The molecule has 0 aliphatic rings. The van der Waals surface area contributed by atoms with Gasteiger partial charge < -0.3 is 15.2 Å². The first kappa shape index (κ1) is 13.1. The third kappa shape index (κ3) is 2.93. The minimum absolute atomic E-state index is 0.0899. The van der Waals surface area contributed by atoms with Crippen LogP contribution in [-0.4, -0.2) is 17.1 Å². The Hall–Kier alpha value is -2.30. The number of esters is 1. The minimum atomic E-state index is -0.427. The average molecular weight is 260 g/mol. The standard InChI is InChI=1S/C14H16N2O3/c1-8(2)18-11-4-5-12-10(6-11)7-16-14(15)13(12)19-9(3)17/h4-8H,1-3H3,(H2,15,16). The third-order valence-electron chi connectivity index (χ3n) is 2.46. The fourth-order valence-corrected chi connectivity index (χ4v) is 1.79. The number of pyridine rings is 1. The lowest BCUT2D eigenvalue weighted by molar-refractivity contribution is -0.131. The molecule has 0 radical (unpaired) electrons. The Morgan fingerprint density at radius 3 is 2.74 bits per heavy atom. The first-order valence-corrected chi connectivity index (χ1v) is 6.00. The molecule has 2 aromatic rings. The zero-order chi connectivity index (χ0) is 14.0. The van der Waals surface area contributed by atoms with E-state index >= 15 is 0 Å². The van der Waals surface area contributed by atoms with Gasteiger partial charge in [-0.3, -0.25) is 4.79 Å². The Bertz CT molecular complexity index is 623. The fraction of sp³-hybridized carbons (Fsp3) is 0.286. The minimum Gasteiger partial charge on any atom is -0.491 e. The number of carbonyl (C=O) groups is 1. The highest BCUT2D eigenvalue weighted by Gasteiger charge is 2.11.